The van der Waals surface area contributed by atoms with Crippen molar-refractivity contribution >= 4 is 16.9 Å². The lowest BCUT2D eigenvalue weighted by atomic mass is 9.95. The molecule has 3 rings (SSSR count). The molecule has 0 fully saturated rings. The van der Waals surface area contributed by atoms with Crippen LogP contribution in [0.15, 0.2) is 51.7 Å². The molecule has 5 heteroatoms. The van der Waals surface area contributed by atoms with Crippen molar-refractivity contribution in [1.82, 2.24) is 0 Å². The zero-order valence-corrected chi connectivity index (χ0v) is 15.9. The fraction of sp³-hybridized carbons (Fsp3) is 0.273. The van der Waals surface area contributed by atoms with Gasteiger partial charge in [0.15, 0.2) is 0 Å². The molecule has 0 spiro atoms. The molecule has 1 aromatic heterocycles. The SMILES string of the molecule is COc1ccc(C(=O)OCc2cc(=O)oc3cc(C)c(C(C)C)cc23)cc1. The van der Waals surface area contributed by atoms with Crippen molar-refractivity contribution in [3.05, 3.63) is 75.1 Å². The van der Waals surface area contributed by atoms with Gasteiger partial charge in [0.25, 0.3) is 0 Å². The van der Waals surface area contributed by atoms with Crippen molar-refractivity contribution in [1.29, 1.82) is 0 Å². The monoisotopic (exact) mass is 366 g/mol. The standard InChI is InChI=1S/C22H22O5/c1-13(2)18-11-19-16(10-21(23)27-20(19)9-14(18)3)12-26-22(24)15-5-7-17(25-4)8-6-15/h5-11,13H,12H2,1-4H3. The van der Waals surface area contributed by atoms with Crippen LogP contribution in [0.5, 0.6) is 5.75 Å². The predicted octanol–water partition coefficient (Wildman–Crippen LogP) is 4.59. The van der Waals surface area contributed by atoms with E-state index in [1.54, 1.807) is 31.4 Å². The van der Waals surface area contributed by atoms with Crippen molar-refractivity contribution in [3.8, 4) is 5.75 Å². The highest BCUT2D eigenvalue weighted by molar-refractivity contribution is 5.90. The third-order valence-corrected chi connectivity index (χ3v) is 4.52. The Labute approximate surface area is 157 Å². The van der Waals surface area contributed by atoms with Crippen molar-refractivity contribution in [3.63, 3.8) is 0 Å². The van der Waals surface area contributed by atoms with E-state index in [0.717, 1.165) is 10.9 Å². The maximum Gasteiger partial charge on any atom is 0.338 e. The van der Waals surface area contributed by atoms with E-state index in [-0.39, 0.29) is 6.61 Å². The van der Waals surface area contributed by atoms with Gasteiger partial charge in [-0.2, -0.15) is 0 Å². The van der Waals surface area contributed by atoms with Gasteiger partial charge in [-0.05, 0) is 60.4 Å². The van der Waals surface area contributed by atoms with E-state index in [1.807, 2.05) is 19.1 Å². The molecule has 0 aliphatic heterocycles. The molecule has 3 aromatic rings. The second-order valence-electron chi connectivity index (χ2n) is 6.75. The number of ether oxygens (including phenoxy) is 2. The van der Waals surface area contributed by atoms with Gasteiger partial charge in [-0.1, -0.05) is 13.8 Å². The van der Waals surface area contributed by atoms with Gasteiger partial charge >= 0.3 is 11.6 Å². The molecule has 2 aromatic carbocycles. The first-order valence-corrected chi connectivity index (χ1v) is 8.77. The third kappa shape index (κ3) is 4.03. The van der Waals surface area contributed by atoms with Crippen molar-refractivity contribution in [2.45, 2.75) is 33.3 Å². The van der Waals surface area contributed by atoms with Crippen molar-refractivity contribution < 1.29 is 18.7 Å². The Morgan fingerprint density at radius 2 is 1.81 bits per heavy atom. The van der Waals surface area contributed by atoms with Gasteiger partial charge in [0.05, 0.1) is 12.7 Å². The Morgan fingerprint density at radius 3 is 2.44 bits per heavy atom. The first-order chi connectivity index (χ1) is 12.9. The lowest BCUT2D eigenvalue weighted by Gasteiger charge is -2.13. The number of methoxy groups -OCH3 is 1. The first-order valence-electron chi connectivity index (χ1n) is 8.77. The van der Waals surface area contributed by atoms with Gasteiger partial charge in [0.1, 0.15) is 17.9 Å². The number of hydrogen-bond acceptors (Lipinski definition) is 5. The Balaban J connectivity index is 1.90. The van der Waals surface area contributed by atoms with E-state index in [2.05, 4.69) is 13.8 Å². The minimum Gasteiger partial charge on any atom is -0.497 e. The normalized spacial score (nSPS) is 11.0. The summed E-state index contributed by atoms with van der Waals surface area (Å²) in [5.41, 5.74) is 3.31. The summed E-state index contributed by atoms with van der Waals surface area (Å²) in [6, 6.07) is 11.9. The molecule has 0 saturated carbocycles. The van der Waals surface area contributed by atoms with Crippen LogP contribution >= 0.6 is 0 Å². The molecule has 140 valence electrons. The number of carbonyl (C=O) groups is 1. The summed E-state index contributed by atoms with van der Waals surface area (Å²) in [7, 11) is 1.56. The lowest BCUT2D eigenvalue weighted by Crippen LogP contribution is -2.08. The van der Waals surface area contributed by atoms with Crippen LogP contribution in [0.25, 0.3) is 11.0 Å². The average Bonchev–Trinajstić information content (AvgIpc) is 2.65. The minimum absolute atomic E-state index is 0.00639. The molecule has 1 heterocycles. The molecule has 0 atom stereocenters. The largest absolute Gasteiger partial charge is 0.497 e. The van der Waals surface area contributed by atoms with Gasteiger partial charge in [-0.15, -0.1) is 0 Å². The second-order valence-corrected chi connectivity index (χ2v) is 6.75. The smallest absolute Gasteiger partial charge is 0.338 e. The highest BCUT2D eigenvalue weighted by Crippen LogP contribution is 2.27. The van der Waals surface area contributed by atoms with Crippen LogP contribution in [0.3, 0.4) is 0 Å². The number of aryl methyl sites for hydroxylation is 1. The Kier molecular flexibility index (Phi) is 5.31. The number of esters is 1. The number of fused-ring (bicyclic) bond motifs is 1. The first kappa shape index (κ1) is 18.7. The highest BCUT2D eigenvalue weighted by Gasteiger charge is 2.14. The summed E-state index contributed by atoms with van der Waals surface area (Å²) in [5, 5.41) is 0.784. The number of carbonyl (C=O) groups excluding carboxylic acids is 1. The van der Waals surface area contributed by atoms with E-state index >= 15 is 0 Å². The molecular weight excluding hydrogens is 344 g/mol. The summed E-state index contributed by atoms with van der Waals surface area (Å²) in [6.45, 7) is 6.20. The van der Waals surface area contributed by atoms with Gasteiger partial charge < -0.3 is 13.9 Å². The molecule has 5 nitrogen and oxygen atoms in total. The van der Waals surface area contributed by atoms with Gasteiger partial charge in [0.2, 0.25) is 0 Å². The summed E-state index contributed by atoms with van der Waals surface area (Å²) in [5.74, 6) is 0.529. The summed E-state index contributed by atoms with van der Waals surface area (Å²) in [4.78, 5) is 24.2. The minimum atomic E-state index is -0.463. The van der Waals surface area contributed by atoms with Crippen LogP contribution in [-0.2, 0) is 11.3 Å². The average molecular weight is 366 g/mol. The Morgan fingerprint density at radius 1 is 1.11 bits per heavy atom. The van der Waals surface area contributed by atoms with E-state index < -0.39 is 11.6 Å². The van der Waals surface area contributed by atoms with Crippen LogP contribution < -0.4 is 10.4 Å². The van der Waals surface area contributed by atoms with Crippen molar-refractivity contribution in [2.24, 2.45) is 0 Å². The lowest BCUT2D eigenvalue weighted by molar-refractivity contribution is 0.0474. The molecule has 27 heavy (non-hydrogen) atoms. The third-order valence-electron chi connectivity index (χ3n) is 4.52. The van der Waals surface area contributed by atoms with Crippen molar-refractivity contribution in [2.75, 3.05) is 7.11 Å². The predicted molar refractivity (Wildman–Crippen MR) is 103 cm³/mol. The second kappa shape index (κ2) is 7.66. The number of hydrogen-bond donors (Lipinski definition) is 0. The van der Waals surface area contributed by atoms with Gasteiger partial charge in [0, 0.05) is 17.0 Å². The molecule has 0 saturated heterocycles. The Bertz CT molecular complexity index is 1030. The van der Waals surface area contributed by atoms with Crippen LogP contribution in [0.2, 0.25) is 0 Å². The molecule has 0 N–H and O–H groups in total. The number of rotatable bonds is 5. The Hall–Kier alpha value is -3.08. The fourth-order valence-corrected chi connectivity index (χ4v) is 3.09. The molecule has 0 aliphatic carbocycles. The van der Waals surface area contributed by atoms with Crippen LogP contribution in [0, 0.1) is 6.92 Å². The highest BCUT2D eigenvalue weighted by atomic mass is 16.5. The summed E-state index contributed by atoms with van der Waals surface area (Å²) in [6.07, 6.45) is 0. The topological polar surface area (TPSA) is 65.7 Å². The molecule has 0 aliphatic rings. The van der Waals surface area contributed by atoms with Gasteiger partial charge in [-0.25, -0.2) is 9.59 Å². The zero-order chi connectivity index (χ0) is 19.6. The van der Waals surface area contributed by atoms with Crippen LogP contribution in [-0.4, -0.2) is 13.1 Å². The summed E-state index contributed by atoms with van der Waals surface area (Å²) >= 11 is 0. The fourth-order valence-electron chi connectivity index (χ4n) is 3.09. The van der Waals surface area contributed by atoms with Crippen LogP contribution in [0.1, 0.15) is 46.8 Å². The van der Waals surface area contributed by atoms with Gasteiger partial charge in [-0.3, -0.25) is 0 Å². The van der Waals surface area contributed by atoms with E-state index in [4.69, 9.17) is 13.9 Å². The number of benzene rings is 2. The molecule has 0 amide bonds. The van der Waals surface area contributed by atoms with E-state index in [0.29, 0.717) is 28.4 Å². The maximum atomic E-state index is 12.3. The molecule has 0 bridgehead atoms. The van der Waals surface area contributed by atoms with E-state index in [9.17, 15) is 9.59 Å². The quantitative estimate of drug-likeness (QED) is 0.488. The molecule has 0 unspecified atom stereocenters. The molecule has 0 radical (unpaired) electrons. The van der Waals surface area contributed by atoms with E-state index in [1.165, 1.54) is 11.6 Å². The maximum absolute atomic E-state index is 12.3. The van der Waals surface area contributed by atoms with Crippen LogP contribution in [0.4, 0.5) is 0 Å². The summed E-state index contributed by atoms with van der Waals surface area (Å²) < 4.78 is 15.8. The zero-order valence-electron chi connectivity index (χ0n) is 15.9. The molecular formula is C22H22O5.